The summed E-state index contributed by atoms with van der Waals surface area (Å²) in [6.45, 7) is 4.92. The van der Waals surface area contributed by atoms with E-state index in [1.165, 1.54) is 10.7 Å². The summed E-state index contributed by atoms with van der Waals surface area (Å²) < 4.78 is 6.30. The number of piperazine rings is 1. The number of hydrogen-bond acceptors (Lipinski definition) is 5. The largest absolute Gasteiger partial charge is 0.461 e. The molecule has 1 aliphatic rings. The molecule has 0 unspecified atom stereocenters. The SMILES string of the molecule is CCOC(=O)c1cc(C(=O)N2CCNCC2)n(C)n1. The number of carbonyl (C=O) groups is 2. The minimum Gasteiger partial charge on any atom is -0.461 e. The second kappa shape index (κ2) is 5.83. The van der Waals surface area contributed by atoms with Crippen molar-refractivity contribution in [3.63, 3.8) is 0 Å². The number of hydrogen-bond donors (Lipinski definition) is 1. The maximum absolute atomic E-state index is 12.3. The van der Waals surface area contributed by atoms with Gasteiger partial charge in [0.15, 0.2) is 5.69 Å². The van der Waals surface area contributed by atoms with Gasteiger partial charge in [0.05, 0.1) is 6.61 Å². The Morgan fingerprint density at radius 3 is 2.74 bits per heavy atom. The lowest BCUT2D eigenvalue weighted by atomic mass is 10.3. The molecule has 0 bridgehead atoms. The number of aryl methyl sites for hydroxylation is 1. The molecule has 0 saturated carbocycles. The van der Waals surface area contributed by atoms with Crippen molar-refractivity contribution in [2.24, 2.45) is 7.05 Å². The number of carbonyl (C=O) groups excluding carboxylic acids is 2. The van der Waals surface area contributed by atoms with Crippen LogP contribution in [-0.2, 0) is 11.8 Å². The number of amides is 1. The minimum absolute atomic E-state index is 0.105. The van der Waals surface area contributed by atoms with Gasteiger partial charge in [-0.2, -0.15) is 5.10 Å². The summed E-state index contributed by atoms with van der Waals surface area (Å²) >= 11 is 0. The van der Waals surface area contributed by atoms with E-state index < -0.39 is 5.97 Å². The Kier molecular flexibility index (Phi) is 4.16. The lowest BCUT2D eigenvalue weighted by Crippen LogP contribution is -2.46. The molecule has 2 rings (SSSR count). The van der Waals surface area contributed by atoms with E-state index in [0.717, 1.165) is 13.1 Å². The first-order valence-electron chi connectivity index (χ1n) is 6.34. The minimum atomic E-state index is -0.502. The Balaban J connectivity index is 2.15. The highest BCUT2D eigenvalue weighted by molar-refractivity contribution is 5.96. The van der Waals surface area contributed by atoms with E-state index >= 15 is 0 Å². The maximum atomic E-state index is 12.3. The van der Waals surface area contributed by atoms with Gasteiger partial charge in [-0.3, -0.25) is 9.48 Å². The lowest BCUT2D eigenvalue weighted by molar-refractivity contribution is 0.0518. The van der Waals surface area contributed by atoms with Gasteiger partial charge < -0.3 is 15.0 Å². The van der Waals surface area contributed by atoms with E-state index in [9.17, 15) is 9.59 Å². The number of esters is 1. The van der Waals surface area contributed by atoms with E-state index in [4.69, 9.17) is 4.74 Å². The Labute approximate surface area is 111 Å². The van der Waals surface area contributed by atoms with E-state index in [1.54, 1.807) is 18.9 Å². The third kappa shape index (κ3) is 2.93. The van der Waals surface area contributed by atoms with Gasteiger partial charge in [-0.05, 0) is 6.92 Å². The van der Waals surface area contributed by atoms with Gasteiger partial charge in [-0.25, -0.2) is 4.79 Å². The molecule has 0 spiro atoms. The van der Waals surface area contributed by atoms with Crippen molar-refractivity contribution in [1.82, 2.24) is 20.0 Å². The first kappa shape index (κ1) is 13.5. The van der Waals surface area contributed by atoms with Gasteiger partial charge in [0, 0.05) is 39.3 Å². The molecule has 7 heteroatoms. The molecule has 0 aliphatic carbocycles. The Morgan fingerprint density at radius 1 is 1.42 bits per heavy atom. The van der Waals surface area contributed by atoms with Crippen molar-refractivity contribution in [3.05, 3.63) is 17.5 Å². The van der Waals surface area contributed by atoms with Crippen LogP contribution in [0.4, 0.5) is 0 Å². The van der Waals surface area contributed by atoms with Crippen LogP contribution in [0.5, 0.6) is 0 Å². The molecule has 0 atom stereocenters. The van der Waals surface area contributed by atoms with Crippen LogP contribution in [0.15, 0.2) is 6.07 Å². The van der Waals surface area contributed by atoms with Crippen LogP contribution >= 0.6 is 0 Å². The zero-order valence-electron chi connectivity index (χ0n) is 11.2. The van der Waals surface area contributed by atoms with Crippen LogP contribution in [0.25, 0.3) is 0 Å². The fourth-order valence-electron chi connectivity index (χ4n) is 2.00. The topological polar surface area (TPSA) is 76.5 Å². The van der Waals surface area contributed by atoms with Crippen LogP contribution in [0.3, 0.4) is 0 Å². The molecule has 1 aliphatic heterocycles. The first-order valence-corrected chi connectivity index (χ1v) is 6.34. The second-order valence-electron chi connectivity index (χ2n) is 4.30. The van der Waals surface area contributed by atoms with Crippen molar-refractivity contribution >= 4 is 11.9 Å². The molecule has 1 amide bonds. The summed E-state index contributed by atoms with van der Waals surface area (Å²) in [6, 6.07) is 1.49. The highest BCUT2D eigenvalue weighted by Gasteiger charge is 2.23. The Bertz CT molecular complexity index is 477. The fraction of sp³-hybridized carbons (Fsp3) is 0.583. The smallest absolute Gasteiger partial charge is 0.358 e. The number of nitrogens with zero attached hydrogens (tertiary/aromatic N) is 3. The molecule has 104 valence electrons. The maximum Gasteiger partial charge on any atom is 0.358 e. The third-order valence-corrected chi connectivity index (χ3v) is 2.99. The average molecular weight is 266 g/mol. The van der Waals surface area contributed by atoms with Crippen LogP contribution in [0, 0.1) is 0 Å². The summed E-state index contributed by atoms with van der Waals surface area (Å²) in [7, 11) is 1.65. The first-order chi connectivity index (χ1) is 9.13. The summed E-state index contributed by atoms with van der Waals surface area (Å²) in [5, 5.41) is 7.21. The molecule has 1 fully saturated rings. The molecule has 0 aromatic carbocycles. The van der Waals surface area contributed by atoms with Crippen LogP contribution < -0.4 is 5.32 Å². The second-order valence-corrected chi connectivity index (χ2v) is 4.30. The molecule has 1 aromatic heterocycles. The normalized spacial score (nSPS) is 15.4. The Morgan fingerprint density at radius 2 is 2.11 bits per heavy atom. The van der Waals surface area contributed by atoms with Crippen LogP contribution in [-0.4, -0.2) is 59.3 Å². The van der Waals surface area contributed by atoms with Crippen molar-refractivity contribution in [2.45, 2.75) is 6.92 Å². The van der Waals surface area contributed by atoms with Crippen molar-refractivity contribution in [2.75, 3.05) is 32.8 Å². The molecule has 7 nitrogen and oxygen atoms in total. The molecule has 1 saturated heterocycles. The summed E-state index contributed by atoms with van der Waals surface area (Å²) in [6.07, 6.45) is 0. The van der Waals surface area contributed by atoms with Gasteiger partial charge in [0.2, 0.25) is 0 Å². The molecular weight excluding hydrogens is 248 g/mol. The summed E-state index contributed by atoms with van der Waals surface area (Å²) in [4.78, 5) is 25.6. The predicted molar refractivity (Wildman–Crippen MR) is 67.9 cm³/mol. The van der Waals surface area contributed by atoms with E-state index in [0.29, 0.717) is 18.8 Å². The highest BCUT2D eigenvalue weighted by Crippen LogP contribution is 2.09. The van der Waals surface area contributed by atoms with Crippen molar-refractivity contribution < 1.29 is 14.3 Å². The zero-order valence-corrected chi connectivity index (χ0v) is 11.2. The van der Waals surface area contributed by atoms with Crippen molar-refractivity contribution in [3.8, 4) is 0 Å². The average Bonchev–Trinajstić information content (AvgIpc) is 2.81. The van der Waals surface area contributed by atoms with Gasteiger partial charge in [0.25, 0.3) is 5.91 Å². The Hall–Kier alpha value is -1.89. The summed E-state index contributed by atoms with van der Waals surface area (Å²) in [5.74, 6) is -0.607. The van der Waals surface area contributed by atoms with Crippen LogP contribution in [0.1, 0.15) is 27.9 Å². The predicted octanol–water partition coefficient (Wildman–Crippen LogP) is -0.358. The van der Waals surface area contributed by atoms with E-state index in [-0.39, 0.29) is 18.2 Å². The van der Waals surface area contributed by atoms with Crippen molar-refractivity contribution in [1.29, 1.82) is 0 Å². The molecule has 19 heavy (non-hydrogen) atoms. The van der Waals surface area contributed by atoms with Crippen LogP contribution in [0.2, 0.25) is 0 Å². The van der Waals surface area contributed by atoms with E-state index in [2.05, 4.69) is 10.4 Å². The quantitative estimate of drug-likeness (QED) is 0.756. The number of ether oxygens (including phenoxy) is 1. The van der Waals surface area contributed by atoms with E-state index in [1.807, 2.05) is 0 Å². The van der Waals surface area contributed by atoms with Gasteiger partial charge >= 0.3 is 5.97 Å². The van der Waals surface area contributed by atoms with Gasteiger partial charge in [0.1, 0.15) is 5.69 Å². The monoisotopic (exact) mass is 266 g/mol. The molecule has 2 heterocycles. The number of rotatable bonds is 3. The zero-order chi connectivity index (χ0) is 13.8. The molecule has 1 N–H and O–H groups in total. The lowest BCUT2D eigenvalue weighted by Gasteiger charge is -2.27. The standard InChI is InChI=1S/C12H18N4O3/c1-3-19-12(18)9-8-10(15(2)14-9)11(17)16-6-4-13-5-7-16/h8,13H,3-7H2,1-2H3. The van der Waals surface area contributed by atoms with Gasteiger partial charge in [-0.15, -0.1) is 0 Å². The highest BCUT2D eigenvalue weighted by atomic mass is 16.5. The molecule has 0 radical (unpaired) electrons. The third-order valence-electron chi connectivity index (χ3n) is 2.99. The molecule has 1 aromatic rings. The fourth-order valence-corrected chi connectivity index (χ4v) is 2.00. The number of aromatic nitrogens is 2. The molecular formula is C12H18N4O3. The summed E-state index contributed by atoms with van der Waals surface area (Å²) in [5.41, 5.74) is 0.577. The number of nitrogens with one attached hydrogen (secondary N) is 1. The van der Waals surface area contributed by atoms with Gasteiger partial charge in [-0.1, -0.05) is 0 Å².